The van der Waals surface area contributed by atoms with E-state index in [0.29, 0.717) is 5.52 Å². The minimum atomic E-state index is 0.0248. The van der Waals surface area contributed by atoms with E-state index in [-0.39, 0.29) is 5.41 Å². The van der Waals surface area contributed by atoms with Crippen molar-refractivity contribution in [1.82, 2.24) is 0 Å². The molecule has 0 saturated heterocycles. The minimum absolute atomic E-state index is 0.0248. The highest BCUT2D eigenvalue weighted by Crippen LogP contribution is 2.28. The molecule has 0 amide bonds. The molecule has 1 nitrogen and oxygen atoms in total. The van der Waals surface area contributed by atoms with E-state index in [1.165, 1.54) is 11.1 Å². The normalized spacial score (nSPS) is 13.7. The quantitative estimate of drug-likeness (QED) is 0.391. The molecule has 0 bridgehead atoms. The maximum absolute atomic E-state index is 5.37. The fraction of sp³-hybridized carbons (Fsp3) is 0.368. The molecule has 1 aromatic rings. The van der Waals surface area contributed by atoms with Gasteiger partial charge in [0.2, 0.25) is 0 Å². The van der Waals surface area contributed by atoms with Crippen LogP contribution in [0.2, 0.25) is 0 Å². The zero-order valence-electron chi connectivity index (χ0n) is 13.2. The van der Waals surface area contributed by atoms with Crippen LogP contribution in [-0.4, -0.2) is 5.52 Å². The van der Waals surface area contributed by atoms with Crippen molar-refractivity contribution in [3.8, 4) is 5.75 Å². The van der Waals surface area contributed by atoms with Gasteiger partial charge in [-0.25, -0.2) is 0 Å². The van der Waals surface area contributed by atoms with E-state index in [1.54, 1.807) is 0 Å². The number of alkyl halides is 1. The Labute approximate surface area is 137 Å². The summed E-state index contributed by atoms with van der Waals surface area (Å²) in [6.45, 7) is 10.5. The summed E-state index contributed by atoms with van der Waals surface area (Å²) in [7, 11) is 0. The second kappa shape index (κ2) is 8.89. The Morgan fingerprint density at radius 3 is 2.48 bits per heavy atom. The molecule has 0 fully saturated rings. The number of halogens is 1. The van der Waals surface area contributed by atoms with Crippen LogP contribution in [0.5, 0.6) is 5.75 Å². The van der Waals surface area contributed by atoms with Crippen LogP contribution in [0.15, 0.2) is 54.6 Å². The van der Waals surface area contributed by atoms with E-state index in [9.17, 15) is 0 Å². The fourth-order valence-electron chi connectivity index (χ4n) is 1.95. The molecule has 0 aromatic heterocycles. The number of hydrogen-bond donors (Lipinski definition) is 0. The van der Waals surface area contributed by atoms with Crippen LogP contribution in [0, 0.1) is 5.41 Å². The molecule has 0 heterocycles. The lowest BCUT2D eigenvalue weighted by Gasteiger charge is -2.20. The van der Waals surface area contributed by atoms with Gasteiger partial charge in [0, 0.05) is 5.41 Å². The Morgan fingerprint density at radius 1 is 1.29 bits per heavy atom. The van der Waals surface area contributed by atoms with Crippen LogP contribution in [0.4, 0.5) is 0 Å². The second-order valence-electron chi connectivity index (χ2n) is 5.69. The van der Waals surface area contributed by atoms with Crippen LogP contribution < -0.4 is 4.74 Å². The molecule has 0 aliphatic carbocycles. The molecule has 2 heteroatoms. The van der Waals surface area contributed by atoms with Gasteiger partial charge in [0.15, 0.2) is 0 Å². The number of hydrogen-bond acceptors (Lipinski definition) is 1. The summed E-state index contributed by atoms with van der Waals surface area (Å²) in [6, 6.07) is 8.09. The van der Waals surface area contributed by atoms with Crippen LogP contribution in [-0.2, 0) is 0 Å². The number of benzene rings is 1. The maximum atomic E-state index is 5.37. The fourth-order valence-corrected chi connectivity index (χ4v) is 2.21. The summed E-state index contributed by atoms with van der Waals surface area (Å²) in [6.07, 6.45) is 10.9. The molecule has 114 valence electrons. The van der Waals surface area contributed by atoms with Gasteiger partial charge in [-0.3, -0.25) is 0 Å². The maximum Gasteiger partial charge on any atom is 0.143 e. The first-order valence-corrected chi connectivity index (χ1v) is 8.36. The van der Waals surface area contributed by atoms with Gasteiger partial charge in [0.25, 0.3) is 0 Å². The molecule has 0 N–H and O–H groups in total. The first-order valence-electron chi connectivity index (χ1n) is 7.24. The van der Waals surface area contributed by atoms with E-state index in [0.717, 1.165) is 18.6 Å². The van der Waals surface area contributed by atoms with Crippen LogP contribution in [0.3, 0.4) is 0 Å². The summed E-state index contributed by atoms with van der Waals surface area (Å²) in [5.41, 5.74) is 3.08. The summed E-state index contributed by atoms with van der Waals surface area (Å²) in [4.78, 5) is 0. The molecule has 0 radical (unpaired) electrons. The summed E-state index contributed by atoms with van der Waals surface area (Å²) >= 11 is 3.25. The molecule has 0 spiro atoms. The highest BCUT2D eigenvalue weighted by Gasteiger charge is 2.14. The van der Waals surface area contributed by atoms with Gasteiger partial charge in [0.1, 0.15) is 11.3 Å². The minimum Gasteiger partial charge on any atom is -0.482 e. The highest BCUT2D eigenvalue weighted by atomic mass is 79.9. The molecule has 0 saturated carbocycles. The zero-order chi connectivity index (χ0) is 15.7. The van der Waals surface area contributed by atoms with E-state index in [2.05, 4.69) is 73.6 Å². The number of allylic oxidation sites excluding steroid dienone is 4. The molecule has 1 atom stereocenters. The van der Waals surface area contributed by atoms with Crippen LogP contribution >= 0.6 is 15.9 Å². The van der Waals surface area contributed by atoms with Gasteiger partial charge in [-0.1, -0.05) is 48.9 Å². The topological polar surface area (TPSA) is 9.23 Å². The van der Waals surface area contributed by atoms with Crippen molar-refractivity contribution in [2.24, 2.45) is 5.41 Å². The van der Waals surface area contributed by atoms with E-state index < -0.39 is 0 Å². The third kappa shape index (κ3) is 6.81. The van der Waals surface area contributed by atoms with Crippen molar-refractivity contribution in [2.75, 3.05) is 5.52 Å². The third-order valence-corrected chi connectivity index (χ3v) is 3.69. The predicted octanol–water partition coefficient (Wildman–Crippen LogP) is 6.37. The standard InChI is InChI=1S/C19H25BrO/c1-5-19(4,13-6-7-16(2)3)14-12-17-8-10-18(11-9-17)21-15-20/h5,7-12,14H,1,6,13,15H2,2-4H3/b14-12+. The molecule has 1 aromatic carbocycles. The van der Waals surface area contributed by atoms with Crippen molar-refractivity contribution >= 4 is 22.0 Å². The van der Waals surface area contributed by atoms with Crippen LogP contribution in [0.25, 0.3) is 6.08 Å². The van der Waals surface area contributed by atoms with Gasteiger partial charge < -0.3 is 4.74 Å². The lowest BCUT2D eigenvalue weighted by Crippen LogP contribution is -2.08. The first-order chi connectivity index (χ1) is 9.99. The van der Waals surface area contributed by atoms with Gasteiger partial charge in [-0.2, -0.15) is 0 Å². The lowest BCUT2D eigenvalue weighted by atomic mass is 9.84. The Morgan fingerprint density at radius 2 is 1.95 bits per heavy atom. The highest BCUT2D eigenvalue weighted by molar-refractivity contribution is 9.09. The van der Waals surface area contributed by atoms with Gasteiger partial charge >= 0.3 is 0 Å². The van der Waals surface area contributed by atoms with Crippen molar-refractivity contribution in [1.29, 1.82) is 0 Å². The Hall–Kier alpha value is -1.28. The van der Waals surface area contributed by atoms with Gasteiger partial charge in [-0.15, -0.1) is 6.58 Å². The molecular formula is C19H25BrO. The summed E-state index contributed by atoms with van der Waals surface area (Å²) < 4.78 is 5.37. The smallest absolute Gasteiger partial charge is 0.143 e. The SMILES string of the molecule is C=CC(C)(/C=C/c1ccc(OCBr)cc1)CCC=C(C)C. The van der Waals surface area contributed by atoms with Crippen molar-refractivity contribution < 1.29 is 4.74 Å². The third-order valence-electron chi connectivity index (χ3n) is 3.46. The molecule has 21 heavy (non-hydrogen) atoms. The van der Waals surface area contributed by atoms with Gasteiger partial charge in [-0.05, 0) is 60.3 Å². The largest absolute Gasteiger partial charge is 0.482 e. The lowest BCUT2D eigenvalue weighted by molar-refractivity contribution is 0.398. The number of rotatable bonds is 8. The van der Waals surface area contributed by atoms with Gasteiger partial charge in [0.05, 0.1) is 0 Å². The van der Waals surface area contributed by atoms with Crippen LogP contribution in [0.1, 0.15) is 39.2 Å². The van der Waals surface area contributed by atoms with Crippen molar-refractivity contribution in [2.45, 2.75) is 33.6 Å². The van der Waals surface area contributed by atoms with E-state index in [1.807, 2.05) is 18.2 Å². The molecular weight excluding hydrogens is 324 g/mol. The van der Waals surface area contributed by atoms with Crippen molar-refractivity contribution in [3.63, 3.8) is 0 Å². The predicted molar refractivity (Wildman–Crippen MR) is 96.9 cm³/mol. The summed E-state index contributed by atoms with van der Waals surface area (Å²) in [5, 5.41) is 0. The molecule has 1 rings (SSSR count). The Balaban J connectivity index is 2.70. The number of ether oxygens (including phenoxy) is 1. The first kappa shape index (κ1) is 17.8. The molecule has 1 unspecified atom stereocenters. The average Bonchev–Trinajstić information content (AvgIpc) is 2.46. The Kier molecular flexibility index (Phi) is 7.52. The zero-order valence-corrected chi connectivity index (χ0v) is 14.8. The summed E-state index contributed by atoms with van der Waals surface area (Å²) in [5.74, 6) is 0.874. The average molecular weight is 349 g/mol. The molecule has 0 aliphatic rings. The van der Waals surface area contributed by atoms with E-state index in [4.69, 9.17) is 4.74 Å². The molecule has 0 aliphatic heterocycles. The van der Waals surface area contributed by atoms with Crippen molar-refractivity contribution in [3.05, 3.63) is 60.2 Å². The second-order valence-corrected chi connectivity index (χ2v) is 6.14. The Bertz CT molecular complexity index is 495. The van der Waals surface area contributed by atoms with E-state index >= 15 is 0 Å². The monoisotopic (exact) mass is 348 g/mol.